The molecule has 3 heterocycles. The number of nitrogens with zero attached hydrogens (tertiary/aromatic N) is 1. The van der Waals surface area contributed by atoms with Crippen LogP contribution in [0.25, 0.3) is 22.0 Å². The van der Waals surface area contributed by atoms with Crippen molar-refractivity contribution in [3.05, 3.63) is 41.6 Å². The molecule has 0 saturated heterocycles. The lowest BCUT2D eigenvalue weighted by atomic mass is 9.89. The summed E-state index contributed by atoms with van der Waals surface area (Å²) in [6.45, 7) is 6.79. The lowest BCUT2D eigenvalue weighted by Crippen LogP contribution is -3.00. The molecule has 0 saturated carbocycles. The van der Waals surface area contributed by atoms with Gasteiger partial charge in [0, 0.05) is 18.5 Å². The van der Waals surface area contributed by atoms with Crippen LogP contribution >= 0.6 is 0 Å². The molecule has 0 atom stereocenters. The highest BCUT2D eigenvalue weighted by molar-refractivity contribution is 6.00. The summed E-state index contributed by atoms with van der Waals surface area (Å²) in [5.41, 5.74) is 6.60. The van der Waals surface area contributed by atoms with E-state index < -0.39 is 0 Å². The van der Waals surface area contributed by atoms with Crippen LogP contribution in [0.1, 0.15) is 89.2 Å². The van der Waals surface area contributed by atoms with Gasteiger partial charge in [-0.1, -0.05) is 65.2 Å². The second-order valence-corrected chi connectivity index (χ2v) is 10.9. The highest BCUT2D eigenvalue weighted by Gasteiger charge is 2.32. The molecule has 5 nitrogen and oxygen atoms in total. The number of unbranched alkanes of at least 4 members (excludes halogenated alkanes) is 8. The number of anilines is 1. The molecule has 2 aliphatic rings. The van der Waals surface area contributed by atoms with Gasteiger partial charge in [0.25, 0.3) is 0 Å². The Kier molecular flexibility index (Phi) is 10.6. The molecular weight excluding hydrogens is 508 g/mol. The van der Waals surface area contributed by atoms with Crippen molar-refractivity contribution < 1.29 is 31.2 Å². The van der Waals surface area contributed by atoms with Crippen molar-refractivity contribution >= 4 is 16.5 Å². The Morgan fingerprint density at radius 1 is 0.872 bits per heavy atom. The number of methoxy groups -OCH3 is 1. The van der Waals surface area contributed by atoms with Gasteiger partial charge < -0.3 is 31.9 Å². The van der Waals surface area contributed by atoms with Crippen LogP contribution in [0, 0.1) is 0 Å². The number of ether oxygens (including phenoxy) is 3. The first-order valence-corrected chi connectivity index (χ1v) is 15.0. The van der Waals surface area contributed by atoms with Gasteiger partial charge in [0.2, 0.25) is 12.5 Å². The number of pyridine rings is 1. The van der Waals surface area contributed by atoms with Gasteiger partial charge in [0.1, 0.15) is 5.75 Å². The average molecular weight is 553 g/mol. The van der Waals surface area contributed by atoms with Gasteiger partial charge in [-0.25, -0.2) is 0 Å². The molecule has 0 radical (unpaired) electrons. The molecule has 0 spiro atoms. The Balaban J connectivity index is 0.00000353. The molecular formula is C33H45ClN2O3. The van der Waals surface area contributed by atoms with Crippen molar-refractivity contribution in [2.24, 2.45) is 0 Å². The molecule has 0 amide bonds. The second-order valence-electron chi connectivity index (χ2n) is 10.9. The fraction of sp³-hybridized carbons (Fsp3) is 0.545. The van der Waals surface area contributed by atoms with E-state index in [0.717, 1.165) is 48.9 Å². The van der Waals surface area contributed by atoms with E-state index in [-0.39, 0.29) is 12.4 Å². The quantitative estimate of drug-likeness (QED) is 0.226. The predicted molar refractivity (Wildman–Crippen MR) is 156 cm³/mol. The molecule has 0 unspecified atom stereocenters. The molecule has 0 aliphatic carbocycles. The van der Waals surface area contributed by atoms with Crippen LogP contribution in [0.3, 0.4) is 0 Å². The monoisotopic (exact) mass is 552 g/mol. The highest BCUT2D eigenvalue weighted by Crippen LogP contribution is 2.43. The number of hydrogen-bond donors (Lipinski definition) is 1. The summed E-state index contributed by atoms with van der Waals surface area (Å²) in [5.74, 6) is 2.68. The van der Waals surface area contributed by atoms with Gasteiger partial charge >= 0.3 is 0 Å². The molecule has 2 aliphatic heterocycles. The first-order chi connectivity index (χ1) is 18.7. The van der Waals surface area contributed by atoms with E-state index in [0.29, 0.717) is 6.79 Å². The Labute approximate surface area is 240 Å². The first-order valence-electron chi connectivity index (χ1n) is 15.0. The minimum Gasteiger partial charge on any atom is -1.00 e. The van der Waals surface area contributed by atoms with Crippen LogP contribution in [0.15, 0.2) is 30.5 Å². The number of benzene rings is 2. The summed E-state index contributed by atoms with van der Waals surface area (Å²) in [5, 5.41) is 6.38. The normalized spacial score (nSPS) is 13.1. The molecule has 1 N–H and O–H groups in total. The van der Waals surface area contributed by atoms with E-state index in [1.165, 1.54) is 97.4 Å². The zero-order valence-electron chi connectivity index (χ0n) is 24.0. The van der Waals surface area contributed by atoms with Gasteiger partial charge in [-0.2, -0.15) is 4.57 Å². The van der Waals surface area contributed by atoms with Crippen LogP contribution in [-0.4, -0.2) is 20.4 Å². The SMILES string of the molecule is CCCCCCCCc1c2[n+](cc3c(NCCCCCC)c(OC)ccc13)CCc1cc3c(cc1-2)OCO3.[Cl-]. The van der Waals surface area contributed by atoms with Crippen LogP contribution in [-0.2, 0) is 19.4 Å². The van der Waals surface area contributed by atoms with E-state index in [1.807, 2.05) is 0 Å². The topological polar surface area (TPSA) is 43.6 Å². The maximum Gasteiger partial charge on any atom is 0.231 e. The van der Waals surface area contributed by atoms with Gasteiger partial charge in [-0.05, 0) is 54.5 Å². The maximum absolute atomic E-state index is 5.86. The minimum atomic E-state index is 0. The molecule has 39 heavy (non-hydrogen) atoms. The Bertz CT molecular complexity index is 1260. The molecule has 5 rings (SSSR count). The van der Waals surface area contributed by atoms with Crippen LogP contribution < -0.4 is 36.5 Å². The van der Waals surface area contributed by atoms with Crippen LogP contribution in [0.4, 0.5) is 5.69 Å². The molecule has 2 aromatic carbocycles. The van der Waals surface area contributed by atoms with E-state index >= 15 is 0 Å². The summed E-state index contributed by atoms with van der Waals surface area (Å²) in [6.07, 6.45) is 17.2. The van der Waals surface area contributed by atoms with E-state index in [1.54, 1.807) is 7.11 Å². The Hall–Kier alpha value is -2.66. The summed E-state index contributed by atoms with van der Waals surface area (Å²) in [6, 6.07) is 8.86. The number of rotatable bonds is 14. The Morgan fingerprint density at radius 2 is 1.59 bits per heavy atom. The van der Waals surface area contributed by atoms with Gasteiger partial charge in [-0.15, -0.1) is 0 Å². The third kappa shape index (κ3) is 6.40. The first kappa shape index (κ1) is 29.3. The lowest BCUT2D eigenvalue weighted by Gasteiger charge is -2.22. The standard InChI is InChI=1S/C33H44N2O3.ClH/c1-4-6-8-10-11-12-14-26-25-15-16-29(36-3)32(34-18-13-9-7-5-2)28(25)22-35-19-17-24-20-30-31(38-23-37-30)21-27(24)33(26)35;/h15-16,20-22H,4-14,17-19,23H2,1-3H3;1H. The third-order valence-corrected chi connectivity index (χ3v) is 8.20. The summed E-state index contributed by atoms with van der Waals surface area (Å²) in [7, 11) is 1.78. The van der Waals surface area contributed by atoms with Crippen LogP contribution in [0.5, 0.6) is 17.2 Å². The van der Waals surface area contributed by atoms with Crippen molar-refractivity contribution in [3.8, 4) is 28.5 Å². The van der Waals surface area contributed by atoms with E-state index in [9.17, 15) is 0 Å². The van der Waals surface area contributed by atoms with Crippen molar-refractivity contribution in [2.45, 2.75) is 97.4 Å². The van der Waals surface area contributed by atoms with Gasteiger partial charge in [0.15, 0.2) is 24.2 Å². The van der Waals surface area contributed by atoms with Crippen molar-refractivity contribution in [2.75, 3.05) is 25.8 Å². The predicted octanol–water partition coefficient (Wildman–Crippen LogP) is 4.99. The van der Waals surface area contributed by atoms with Crippen molar-refractivity contribution in [3.63, 3.8) is 0 Å². The molecule has 1 aromatic heterocycles. The highest BCUT2D eigenvalue weighted by atomic mass is 35.5. The molecule has 0 fully saturated rings. The third-order valence-electron chi connectivity index (χ3n) is 8.20. The maximum atomic E-state index is 5.86. The summed E-state index contributed by atoms with van der Waals surface area (Å²) >= 11 is 0. The molecule has 0 bridgehead atoms. The largest absolute Gasteiger partial charge is 1.00 e. The lowest BCUT2D eigenvalue weighted by molar-refractivity contribution is -0.686. The van der Waals surface area contributed by atoms with Crippen molar-refractivity contribution in [1.29, 1.82) is 0 Å². The minimum absolute atomic E-state index is 0. The zero-order chi connectivity index (χ0) is 26.3. The van der Waals surface area contributed by atoms with E-state index in [4.69, 9.17) is 14.2 Å². The fourth-order valence-electron chi connectivity index (χ4n) is 6.12. The molecule has 3 aromatic rings. The van der Waals surface area contributed by atoms with E-state index in [2.05, 4.69) is 54.2 Å². The van der Waals surface area contributed by atoms with Crippen molar-refractivity contribution in [1.82, 2.24) is 0 Å². The smallest absolute Gasteiger partial charge is 0.231 e. The number of aryl methyl sites for hydroxylation is 3. The number of fused-ring (bicyclic) bond motifs is 5. The fourth-order valence-corrected chi connectivity index (χ4v) is 6.12. The van der Waals surface area contributed by atoms with Gasteiger partial charge in [0.05, 0.1) is 23.7 Å². The number of halogens is 1. The average Bonchev–Trinajstić information content (AvgIpc) is 3.40. The second kappa shape index (κ2) is 14.1. The number of aromatic nitrogens is 1. The molecule has 212 valence electrons. The van der Waals surface area contributed by atoms with Crippen LogP contribution in [0.2, 0.25) is 0 Å². The summed E-state index contributed by atoms with van der Waals surface area (Å²) < 4.78 is 19.9. The Morgan fingerprint density at radius 3 is 2.36 bits per heavy atom. The molecule has 6 heteroatoms. The summed E-state index contributed by atoms with van der Waals surface area (Å²) in [4.78, 5) is 0. The number of hydrogen-bond acceptors (Lipinski definition) is 4. The van der Waals surface area contributed by atoms with Gasteiger partial charge in [-0.3, -0.25) is 0 Å². The number of nitrogens with one attached hydrogen (secondary N) is 1. The zero-order valence-corrected chi connectivity index (χ0v) is 24.8.